The van der Waals surface area contributed by atoms with E-state index in [-0.39, 0.29) is 0 Å². The number of rotatable bonds is 10. The second kappa shape index (κ2) is 14.6. The number of hydrogen-bond acceptors (Lipinski definition) is 2. The van der Waals surface area contributed by atoms with E-state index in [2.05, 4.69) is 115 Å². The molecule has 0 heterocycles. The lowest BCUT2D eigenvalue weighted by molar-refractivity contribution is 0.285. The lowest BCUT2D eigenvalue weighted by Gasteiger charge is -2.18. The van der Waals surface area contributed by atoms with Gasteiger partial charge in [0.05, 0.1) is 13.2 Å². The van der Waals surface area contributed by atoms with Crippen molar-refractivity contribution in [2.45, 2.75) is 92.9 Å². The fourth-order valence-corrected chi connectivity index (χ4v) is 4.89. The van der Waals surface area contributed by atoms with Gasteiger partial charge in [-0.05, 0) is 109 Å². The average molecular weight is 541 g/mol. The smallest absolute Gasteiger partial charge is 0.119 e. The minimum Gasteiger partial charge on any atom is -0.494 e. The van der Waals surface area contributed by atoms with Gasteiger partial charge < -0.3 is 9.47 Å². The third-order valence-electron chi connectivity index (χ3n) is 7.24. The first-order chi connectivity index (χ1) is 18.9. The molecular weight excluding hydrogens is 488 g/mol. The number of hydrogen-bond donors (Lipinski definition) is 0. The first-order valence-electron chi connectivity index (χ1n) is 15.1. The largest absolute Gasteiger partial charge is 0.494 e. The van der Waals surface area contributed by atoms with Crippen LogP contribution in [0.3, 0.4) is 0 Å². The first kappa shape index (κ1) is 31.5. The summed E-state index contributed by atoms with van der Waals surface area (Å²) in [5.74, 6) is 1.98. The lowest BCUT2D eigenvalue weighted by Crippen LogP contribution is -2.06. The van der Waals surface area contributed by atoms with Crippen LogP contribution < -0.4 is 9.47 Å². The van der Waals surface area contributed by atoms with E-state index >= 15 is 0 Å². The van der Waals surface area contributed by atoms with E-state index < -0.39 is 0 Å². The van der Waals surface area contributed by atoms with Crippen LogP contribution in [-0.2, 0) is 12.8 Å². The predicted octanol–water partition coefficient (Wildman–Crippen LogP) is 10.8. The first-order valence-corrected chi connectivity index (χ1v) is 15.1. The predicted molar refractivity (Wildman–Crippen MR) is 174 cm³/mol. The van der Waals surface area contributed by atoms with Gasteiger partial charge in [0.15, 0.2) is 0 Å². The van der Waals surface area contributed by atoms with Crippen LogP contribution in [0.2, 0.25) is 0 Å². The lowest BCUT2D eigenvalue weighted by atomic mass is 9.90. The molecule has 2 aromatic rings. The van der Waals surface area contributed by atoms with Gasteiger partial charge in [0.25, 0.3) is 0 Å². The van der Waals surface area contributed by atoms with Crippen LogP contribution in [0.4, 0.5) is 0 Å². The summed E-state index contributed by atoms with van der Waals surface area (Å²) < 4.78 is 11.7. The fourth-order valence-electron chi connectivity index (χ4n) is 4.89. The summed E-state index contributed by atoms with van der Waals surface area (Å²) in [4.78, 5) is 0. The number of allylic oxidation sites excluding steroid dienone is 4. The molecule has 2 heteroatoms. The van der Waals surface area contributed by atoms with Gasteiger partial charge in [-0.1, -0.05) is 102 Å². The normalized spacial score (nSPS) is 14.2. The average Bonchev–Trinajstić information content (AvgIpc) is 2.87. The molecule has 0 radical (unpaired) electrons. The summed E-state index contributed by atoms with van der Waals surface area (Å²) in [5, 5.41) is 0. The molecule has 0 amide bonds. The molecule has 0 atom stereocenters. The Morgan fingerprint density at radius 3 is 1.35 bits per heavy atom. The van der Waals surface area contributed by atoms with E-state index in [0.717, 1.165) is 50.4 Å². The summed E-state index contributed by atoms with van der Waals surface area (Å²) in [6.45, 7) is 23.4. The Labute approximate surface area is 244 Å². The topological polar surface area (TPSA) is 18.5 Å². The van der Waals surface area contributed by atoms with E-state index in [0.29, 0.717) is 10.8 Å². The zero-order valence-corrected chi connectivity index (χ0v) is 26.1. The Morgan fingerprint density at radius 1 is 0.575 bits per heavy atom. The van der Waals surface area contributed by atoms with Gasteiger partial charge in [-0.25, -0.2) is 0 Å². The third kappa shape index (κ3) is 11.6. The van der Waals surface area contributed by atoms with Crippen molar-refractivity contribution in [3.8, 4) is 11.5 Å². The highest BCUT2D eigenvalue weighted by Gasteiger charge is 2.11. The molecule has 2 aliphatic carbocycles. The number of ether oxygens (including phenoxy) is 2. The summed E-state index contributed by atoms with van der Waals surface area (Å²) >= 11 is 0. The quantitative estimate of drug-likeness (QED) is 0.279. The van der Waals surface area contributed by atoms with E-state index in [1.165, 1.54) is 59.1 Å². The Hall–Kier alpha value is -3.00. The molecule has 0 fully saturated rings. The highest BCUT2D eigenvalue weighted by atomic mass is 16.5. The molecule has 0 saturated heterocycles. The van der Waals surface area contributed by atoms with Gasteiger partial charge in [0.2, 0.25) is 0 Å². The van der Waals surface area contributed by atoms with Gasteiger partial charge in [-0.15, -0.1) is 0 Å². The van der Waals surface area contributed by atoms with Crippen molar-refractivity contribution in [1.29, 1.82) is 0 Å². The Bertz CT molecular complexity index is 1100. The Balaban J connectivity index is 0.000000220. The zero-order valence-electron chi connectivity index (χ0n) is 26.1. The molecule has 2 aliphatic rings. The van der Waals surface area contributed by atoms with Crippen LogP contribution in [-0.4, -0.2) is 13.2 Å². The maximum atomic E-state index is 5.87. The highest BCUT2D eigenvalue weighted by Crippen LogP contribution is 2.28. The molecular formula is C38H52O2. The summed E-state index contributed by atoms with van der Waals surface area (Å²) in [6.07, 6.45) is 17.5. The molecule has 0 aliphatic heterocycles. The number of benzene rings is 2. The van der Waals surface area contributed by atoms with Crippen LogP contribution in [0, 0.1) is 10.8 Å². The van der Waals surface area contributed by atoms with E-state index in [4.69, 9.17) is 9.47 Å². The van der Waals surface area contributed by atoms with Crippen molar-refractivity contribution in [2.75, 3.05) is 13.2 Å². The number of fused-ring (bicyclic) bond motifs is 2. The second-order valence-electron chi connectivity index (χ2n) is 13.8. The van der Waals surface area contributed by atoms with Crippen molar-refractivity contribution >= 4 is 12.2 Å². The van der Waals surface area contributed by atoms with Crippen molar-refractivity contribution in [2.24, 2.45) is 10.8 Å². The SMILES string of the molecule is C=C1C=Cc2ccc(OCCCCC(C)(C)C)cc2C1.C=C1C=Cc2ccc(OCCCCC(C)(C)C)cc2C1. The summed E-state index contributed by atoms with van der Waals surface area (Å²) in [6, 6.07) is 12.7. The van der Waals surface area contributed by atoms with Gasteiger partial charge in [0.1, 0.15) is 11.5 Å². The highest BCUT2D eigenvalue weighted by molar-refractivity contribution is 5.63. The monoisotopic (exact) mass is 540 g/mol. The summed E-state index contributed by atoms with van der Waals surface area (Å²) in [7, 11) is 0. The minimum absolute atomic E-state index is 0.429. The maximum Gasteiger partial charge on any atom is 0.119 e. The standard InChI is InChI=1S/2C19H26O/c2*1-15-7-8-16-9-10-18(14-17(16)13-15)20-12-6-5-11-19(2,3)4/h2*7-10,14H,1,5-6,11-13H2,2-4H3. The van der Waals surface area contributed by atoms with Crippen LogP contribution in [0.15, 0.2) is 72.9 Å². The molecule has 2 nitrogen and oxygen atoms in total. The Morgan fingerprint density at radius 2 is 0.975 bits per heavy atom. The van der Waals surface area contributed by atoms with Crippen LogP contribution >= 0.6 is 0 Å². The second-order valence-corrected chi connectivity index (χ2v) is 13.8. The molecule has 4 rings (SSSR count). The van der Waals surface area contributed by atoms with Crippen LogP contribution in [0.5, 0.6) is 11.5 Å². The van der Waals surface area contributed by atoms with Gasteiger partial charge in [-0.2, -0.15) is 0 Å². The molecule has 0 spiro atoms. The zero-order chi connectivity index (χ0) is 29.2. The van der Waals surface area contributed by atoms with Crippen molar-refractivity contribution in [3.63, 3.8) is 0 Å². The molecule has 40 heavy (non-hydrogen) atoms. The molecule has 0 unspecified atom stereocenters. The molecule has 0 N–H and O–H groups in total. The maximum absolute atomic E-state index is 5.87. The van der Waals surface area contributed by atoms with Crippen LogP contribution in [0.25, 0.3) is 12.2 Å². The molecule has 0 aromatic heterocycles. The minimum atomic E-state index is 0.429. The Kier molecular flexibility index (Phi) is 11.5. The fraction of sp³-hybridized carbons (Fsp3) is 0.474. The van der Waals surface area contributed by atoms with E-state index in [1.54, 1.807) is 0 Å². The molecule has 216 valence electrons. The van der Waals surface area contributed by atoms with Crippen molar-refractivity contribution < 1.29 is 9.47 Å². The van der Waals surface area contributed by atoms with Gasteiger partial charge in [-0.3, -0.25) is 0 Å². The summed E-state index contributed by atoms with van der Waals surface area (Å²) in [5.41, 5.74) is 8.42. The number of unbranched alkanes of at least 4 members (excludes halogenated alkanes) is 2. The van der Waals surface area contributed by atoms with Gasteiger partial charge >= 0.3 is 0 Å². The van der Waals surface area contributed by atoms with E-state index in [1.807, 2.05) is 0 Å². The van der Waals surface area contributed by atoms with Crippen LogP contribution in [0.1, 0.15) is 102 Å². The molecule has 2 aromatic carbocycles. The molecule has 0 bridgehead atoms. The van der Waals surface area contributed by atoms with Crippen molar-refractivity contribution in [3.05, 3.63) is 95.1 Å². The van der Waals surface area contributed by atoms with Gasteiger partial charge in [0, 0.05) is 0 Å². The molecule has 0 saturated carbocycles. The van der Waals surface area contributed by atoms with E-state index in [9.17, 15) is 0 Å². The van der Waals surface area contributed by atoms with Crippen molar-refractivity contribution in [1.82, 2.24) is 0 Å². The third-order valence-corrected chi connectivity index (χ3v) is 7.24.